The Bertz CT molecular complexity index is 354. The number of quaternary nitrogens is 1. The molecule has 0 aromatic heterocycles. The normalized spacial score (nSPS) is 11.2. The van der Waals surface area contributed by atoms with Crippen molar-refractivity contribution in [2.75, 3.05) is 26.2 Å². The van der Waals surface area contributed by atoms with Crippen molar-refractivity contribution in [1.82, 2.24) is 0 Å². The molecule has 0 spiro atoms. The summed E-state index contributed by atoms with van der Waals surface area (Å²) < 4.78 is 9.56. The molecule has 0 aliphatic rings. The molecule has 0 radical (unpaired) electrons. The minimum atomic E-state index is -1.08. The molecule has 3 nitrogen and oxygen atoms in total. The van der Waals surface area contributed by atoms with Gasteiger partial charge in [-0.15, -0.1) is 6.42 Å². The van der Waals surface area contributed by atoms with Crippen LogP contribution in [0.1, 0.15) is 136 Å². The number of hydrogen-bond donors (Lipinski definition) is 0. The summed E-state index contributed by atoms with van der Waals surface area (Å²) in [7, 11) is -1.08. The van der Waals surface area contributed by atoms with E-state index in [1.807, 2.05) is 0 Å². The van der Waals surface area contributed by atoms with Crippen LogP contribution in [0.25, 0.3) is 0 Å². The molecule has 0 aliphatic carbocycles. The maximum Gasteiger partial charge on any atom is 0.140 e. The lowest BCUT2D eigenvalue weighted by Gasteiger charge is -2.38. The van der Waals surface area contributed by atoms with E-state index in [1.54, 1.807) is 0 Å². The Kier molecular flexibility index (Phi) is 29.2. The summed E-state index contributed by atoms with van der Waals surface area (Å²) in [5.74, 6) is 3.06. The summed E-state index contributed by atoms with van der Waals surface area (Å²) >= 11 is 0. The van der Waals surface area contributed by atoms with Crippen LogP contribution < -0.4 is 4.89 Å². The van der Waals surface area contributed by atoms with Crippen molar-refractivity contribution in [1.29, 1.82) is 0 Å². The molecule has 0 heterocycles. The average Bonchev–Trinajstić information content (AvgIpc) is 2.76. The number of nitrogens with zero attached hydrogens (tertiary/aromatic N) is 1. The molecule has 0 fully saturated rings. The van der Waals surface area contributed by atoms with Gasteiger partial charge in [-0.2, -0.15) is 0 Å². The summed E-state index contributed by atoms with van der Waals surface area (Å²) in [5, 5.41) is 0. The second kappa shape index (κ2) is 27.6. The van der Waals surface area contributed by atoms with Crippen molar-refractivity contribution < 1.29 is 13.9 Å². The molecule has 4 heteroatoms. The zero-order chi connectivity index (χ0) is 23.5. The topological polar surface area (TPSA) is 40.1 Å². The first-order valence-electron chi connectivity index (χ1n) is 13.4. The van der Waals surface area contributed by atoms with Gasteiger partial charge in [0, 0.05) is 0 Å². The van der Waals surface area contributed by atoms with Crippen LogP contribution in [0.2, 0.25) is 0 Å². The quantitative estimate of drug-likeness (QED) is 0.0716. The highest BCUT2D eigenvalue weighted by Crippen LogP contribution is 2.18. The van der Waals surface area contributed by atoms with E-state index in [0.717, 1.165) is 6.54 Å². The van der Waals surface area contributed by atoms with E-state index in [0.29, 0.717) is 0 Å². The Morgan fingerprint density at radius 2 is 0.871 bits per heavy atom. The molecule has 0 atom stereocenters. The molecule has 0 amide bonds. The Hall–Kier alpha value is -0.420. The summed E-state index contributed by atoms with van der Waals surface area (Å²) in [4.78, 5) is 8.35. The number of terminal acetylenes is 1. The first-order chi connectivity index (χ1) is 15.2. The maximum atomic E-state index is 8.35. The van der Waals surface area contributed by atoms with Gasteiger partial charge < -0.3 is 9.38 Å². The van der Waals surface area contributed by atoms with Crippen molar-refractivity contribution in [3.63, 3.8) is 0 Å². The SMILES string of the molecule is C#CC[N+](CCCCCCCC)(CCCCCCCC)CCCCCCCC.O=P[O-]. The van der Waals surface area contributed by atoms with Gasteiger partial charge in [-0.25, -0.2) is 0 Å². The number of unbranched alkanes of at least 4 members (excludes halogenated alkanes) is 15. The van der Waals surface area contributed by atoms with Crippen molar-refractivity contribution in [2.45, 2.75) is 136 Å². The van der Waals surface area contributed by atoms with Crippen LogP contribution in [-0.2, 0) is 4.57 Å². The van der Waals surface area contributed by atoms with Gasteiger partial charge in [0.2, 0.25) is 0 Å². The van der Waals surface area contributed by atoms with E-state index in [-0.39, 0.29) is 0 Å². The molecule has 0 rings (SSSR count). The van der Waals surface area contributed by atoms with E-state index in [2.05, 4.69) is 26.7 Å². The van der Waals surface area contributed by atoms with Crippen molar-refractivity contribution in [3.05, 3.63) is 0 Å². The van der Waals surface area contributed by atoms with E-state index in [1.165, 1.54) is 140 Å². The zero-order valence-corrected chi connectivity index (χ0v) is 22.2. The lowest BCUT2D eigenvalue weighted by atomic mass is 10.1. The Labute approximate surface area is 197 Å². The fraction of sp³-hybridized carbons (Fsp3) is 0.926. The van der Waals surface area contributed by atoms with Gasteiger partial charge in [0.15, 0.2) is 0 Å². The second-order valence-electron chi connectivity index (χ2n) is 9.25. The van der Waals surface area contributed by atoms with E-state index >= 15 is 0 Å². The molecule has 0 aliphatic heterocycles. The van der Waals surface area contributed by atoms with Crippen molar-refractivity contribution >= 4 is 8.69 Å². The molecule has 0 saturated heterocycles. The van der Waals surface area contributed by atoms with Crippen LogP contribution in [-0.4, -0.2) is 30.7 Å². The van der Waals surface area contributed by atoms with Gasteiger partial charge in [0.05, 0.1) is 28.3 Å². The number of rotatable bonds is 22. The Balaban J connectivity index is 0. The van der Waals surface area contributed by atoms with Crippen molar-refractivity contribution in [2.24, 2.45) is 0 Å². The summed E-state index contributed by atoms with van der Waals surface area (Å²) in [6, 6.07) is 0. The van der Waals surface area contributed by atoms with Crippen LogP contribution >= 0.6 is 8.69 Å². The van der Waals surface area contributed by atoms with Crippen LogP contribution in [0.3, 0.4) is 0 Å². The van der Waals surface area contributed by atoms with Crippen LogP contribution in [0.15, 0.2) is 0 Å². The van der Waals surface area contributed by atoms with Gasteiger partial charge in [-0.1, -0.05) is 97.8 Å². The molecule has 184 valence electrons. The fourth-order valence-electron chi connectivity index (χ4n) is 4.45. The minimum absolute atomic E-state index is 0.957. The third-order valence-corrected chi connectivity index (χ3v) is 6.38. The van der Waals surface area contributed by atoms with Gasteiger partial charge in [-0.3, -0.25) is 4.57 Å². The fourth-order valence-corrected chi connectivity index (χ4v) is 4.45. The highest BCUT2D eigenvalue weighted by atomic mass is 31.1. The monoisotopic (exact) mass is 455 g/mol. The molecule has 0 unspecified atom stereocenters. The van der Waals surface area contributed by atoms with Gasteiger partial charge in [0.1, 0.15) is 6.54 Å². The minimum Gasteiger partial charge on any atom is -0.772 e. The third-order valence-electron chi connectivity index (χ3n) is 6.38. The standard InChI is InChI=1S/C27H54N.HO2P/c1-5-9-12-15-18-21-25-28(24-8-4,26-22-19-16-13-10-6-2)27-23-20-17-14-11-7-3;1-3-2/h4H,5-7,9-27H2,1-3H3;(H,1,2)/q+1;/p-1. The number of hydrogen-bond acceptors (Lipinski definition) is 2. The highest BCUT2D eigenvalue weighted by molar-refractivity contribution is 7.14. The molecule has 0 aromatic carbocycles. The molecule has 31 heavy (non-hydrogen) atoms. The molecular weight excluding hydrogens is 401 g/mol. The molecule has 0 N–H and O–H groups in total. The van der Waals surface area contributed by atoms with Crippen LogP contribution in [0.4, 0.5) is 0 Å². The predicted octanol–water partition coefficient (Wildman–Crippen LogP) is 8.07. The lowest BCUT2D eigenvalue weighted by molar-refractivity contribution is -0.922. The smallest absolute Gasteiger partial charge is 0.140 e. The van der Waals surface area contributed by atoms with Gasteiger partial charge >= 0.3 is 0 Å². The Morgan fingerprint density at radius 3 is 1.13 bits per heavy atom. The van der Waals surface area contributed by atoms with Crippen LogP contribution in [0, 0.1) is 12.3 Å². The summed E-state index contributed by atoms with van der Waals surface area (Å²) in [6.07, 6.45) is 30.9. The van der Waals surface area contributed by atoms with E-state index in [4.69, 9.17) is 15.9 Å². The van der Waals surface area contributed by atoms with Crippen LogP contribution in [0.5, 0.6) is 0 Å². The first-order valence-corrected chi connectivity index (χ1v) is 14.1. The lowest BCUT2D eigenvalue weighted by Crippen LogP contribution is -2.50. The molecular formula is C27H54NO2P. The van der Waals surface area contributed by atoms with Crippen molar-refractivity contribution in [3.8, 4) is 12.3 Å². The second-order valence-corrected chi connectivity index (χ2v) is 9.40. The maximum absolute atomic E-state index is 8.35. The van der Waals surface area contributed by atoms with Gasteiger partial charge in [-0.05, 0) is 44.4 Å². The average molecular weight is 456 g/mol. The predicted molar refractivity (Wildman–Crippen MR) is 136 cm³/mol. The molecule has 0 saturated carbocycles. The van der Waals surface area contributed by atoms with E-state index < -0.39 is 8.69 Å². The third kappa shape index (κ3) is 24.1. The van der Waals surface area contributed by atoms with Gasteiger partial charge in [0.25, 0.3) is 0 Å². The zero-order valence-electron chi connectivity index (χ0n) is 21.3. The summed E-state index contributed by atoms with van der Waals surface area (Å²) in [5.41, 5.74) is 0. The summed E-state index contributed by atoms with van der Waals surface area (Å²) in [6.45, 7) is 11.8. The molecule has 0 bridgehead atoms. The molecule has 0 aromatic rings. The largest absolute Gasteiger partial charge is 0.772 e. The Morgan fingerprint density at radius 1 is 0.613 bits per heavy atom. The van der Waals surface area contributed by atoms with E-state index in [9.17, 15) is 0 Å². The first kappa shape index (κ1) is 32.8. The highest BCUT2D eigenvalue weighted by Gasteiger charge is 2.25.